The quantitative estimate of drug-likeness (QED) is 0.0341. The lowest BCUT2D eigenvalue weighted by atomic mass is 9.59. The van der Waals surface area contributed by atoms with Gasteiger partial charge in [-0.15, -0.1) is 0 Å². The van der Waals surface area contributed by atoms with Crippen LogP contribution in [0.4, 0.5) is 22.7 Å². The van der Waals surface area contributed by atoms with Crippen molar-refractivity contribution >= 4 is 111 Å². The summed E-state index contributed by atoms with van der Waals surface area (Å²) in [4.78, 5) is 73.0. The van der Waals surface area contributed by atoms with Crippen LogP contribution >= 0.6 is 23.2 Å². The number of anilines is 2. The van der Waals surface area contributed by atoms with Gasteiger partial charge in [-0.25, -0.2) is 36.2 Å². The van der Waals surface area contributed by atoms with Crippen LogP contribution in [0.5, 0.6) is 23.0 Å². The highest BCUT2D eigenvalue weighted by atomic mass is 35.5. The van der Waals surface area contributed by atoms with Crippen molar-refractivity contribution < 1.29 is 50.5 Å². The van der Waals surface area contributed by atoms with Crippen LogP contribution in [0.15, 0.2) is 191 Å². The summed E-state index contributed by atoms with van der Waals surface area (Å²) >= 11 is 12.5. The van der Waals surface area contributed by atoms with Crippen LogP contribution in [0.2, 0.25) is 10.0 Å². The number of amides is 2. The third kappa shape index (κ3) is 17.4. The zero-order chi connectivity index (χ0) is 80.5. The Labute approximate surface area is 680 Å². The van der Waals surface area contributed by atoms with E-state index in [1.54, 1.807) is 60.9 Å². The number of nitrogens with one attached hydrogen (secondary N) is 4. The summed E-state index contributed by atoms with van der Waals surface area (Å²) in [7, 11) is -9.10. The van der Waals surface area contributed by atoms with Crippen molar-refractivity contribution in [3.63, 3.8) is 0 Å². The first-order valence-electron chi connectivity index (χ1n) is 39.1. The van der Waals surface area contributed by atoms with Crippen molar-refractivity contribution in [1.82, 2.24) is 39.2 Å². The molecule has 0 radical (unpaired) electrons. The Hall–Kier alpha value is -11.0. The second kappa shape index (κ2) is 33.3. The van der Waals surface area contributed by atoms with Crippen molar-refractivity contribution in [3.05, 3.63) is 245 Å². The van der Waals surface area contributed by atoms with Crippen LogP contribution in [0.1, 0.15) is 126 Å². The van der Waals surface area contributed by atoms with E-state index < -0.39 is 52.3 Å². The van der Waals surface area contributed by atoms with Gasteiger partial charge < -0.3 is 34.0 Å². The number of benzene rings is 6. The van der Waals surface area contributed by atoms with Crippen LogP contribution in [-0.4, -0.2) is 147 Å². The van der Waals surface area contributed by atoms with Gasteiger partial charge in [0.1, 0.15) is 45.9 Å². The molecule has 10 aromatic rings. The summed E-state index contributed by atoms with van der Waals surface area (Å²) in [5.74, 6) is -0.676. The van der Waals surface area contributed by atoms with Crippen LogP contribution in [0, 0.1) is 48.3 Å². The number of aromatic amines is 2. The van der Waals surface area contributed by atoms with Crippen molar-refractivity contribution in [2.45, 2.75) is 99.7 Å². The first-order valence-corrected chi connectivity index (χ1v) is 42.8. The fourth-order valence-electron chi connectivity index (χ4n) is 17.1. The number of nitrogens with zero attached hydrogens (tertiary/aromatic N) is 9. The Kier molecular flexibility index (Phi) is 22.6. The lowest BCUT2D eigenvalue weighted by molar-refractivity contribution is -0.385. The van der Waals surface area contributed by atoms with Crippen LogP contribution in [-0.2, 0) is 31.2 Å². The second-order valence-corrected chi connectivity index (χ2v) is 35.6. The number of H-pyrrole nitrogens is 2. The molecule has 4 N–H and O–H groups in total. The van der Waals surface area contributed by atoms with Gasteiger partial charge in [-0.1, -0.05) is 77.5 Å². The molecule has 4 aromatic heterocycles. The molecule has 2 amide bonds. The first-order chi connectivity index (χ1) is 56.0. The molecule has 2 saturated carbocycles. The average molecular weight is 1640 g/mol. The molecule has 6 aromatic carbocycles. The van der Waals surface area contributed by atoms with E-state index in [2.05, 4.69) is 68.5 Å². The maximum atomic E-state index is 13.9. The normalized spacial score (nSPS) is 17.7. The Morgan fingerprint density at radius 1 is 0.569 bits per heavy atom. The molecule has 0 unspecified atom stereocenters. The minimum absolute atomic E-state index is 0.0211. The smallest absolute Gasteiger partial charge is 0.288 e. The summed E-state index contributed by atoms with van der Waals surface area (Å²) in [5, 5.41) is 35.8. The van der Waals surface area contributed by atoms with Gasteiger partial charge in [0.15, 0.2) is 0 Å². The molecular formula is C86H85Cl2N13O13S2. The molecule has 7 aliphatic rings. The molecule has 7 heterocycles. The number of allylic oxidation sites excluding steroid dienone is 2. The van der Waals surface area contributed by atoms with E-state index in [0.717, 1.165) is 148 Å². The molecule has 30 heteroatoms. The number of sulfonamides is 2. The minimum atomic E-state index is -4.59. The standard InChI is InChI=1S/C45H47ClN6O7S.C41H38ClN7O6S/c46-35-7-4-31(5-8-35)40-25-45(14-1-15-45)16-12-34(40)27-50-18-20-51(21-19-50)36-9-11-39(42(23-36)59-37-22-33-13-17-47-43(33)48-26-37)44(53)49-60(56,57)38-10-6-32(41(24-38)52(54)55)3-2-30-28-58-29-30;42-31-5-2-27(3-6-31)36-23-41(12-1-13-41)14-10-30(36)26-47-16-18-48(19-17-47)32-7-9-35(38(21-32)55-33-20-28-11-15-44-39(28)45-25-33)40(50)46-56(53,54)34-8-4-29(24-43)37(22-34)49(51)52/h4-11,13,17,22-24,26,30H,1-3,12,14-16,18-21,25,27-29H2,(H,47,48)(H,49,53);2-9,11,15,20-22,25H,1,10,12-14,16-19,23,26H2,(H,44,45)(H,46,50). The lowest BCUT2D eigenvalue weighted by Crippen LogP contribution is -2.47. The van der Waals surface area contributed by atoms with E-state index in [1.807, 2.05) is 41.1 Å². The number of pyridine rings is 2. The number of fused-ring (bicyclic) bond motifs is 2. The minimum Gasteiger partial charge on any atom is -0.455 e. The number of nitriles is 1. The van der Waals surface area contributed by atoms with Gasteiger partial charge in [0.2, 0.25) is 0 Å². The van der Waals surface area contributed by atoms with Crippen molar-refractivity contribution in [2.75, 3.05) is 88.5 Å². The van der Waals surface area contributed by atoms with Crippen LogP contribution in [0.3, 0.4) is 0 Å². The van der Waals surface area contributed by atoms with E-state index in [-0.39, 0.29) is 38.8 Å². The van der Waals surface area contributed by atoms with Crippen molar-refractivity contribution in [1.29, 1.82) is 5.26 Å². The van der Waals surface area contributed by atoms with Gasteiger partial charge in [-0.3, -0.25) is 39.6 Å². The van der Waals surface area contributed by atoms with E-state index in [0.29, 0.717) is 71.2 Å². The zero-order valence-electron chi connectivity index (χ0n) is 63.5. The van der Waals surface area contributed by atoms with Gasteiger partial charge in [0.05, 0.1) is 56.4 Å². The van der Waals surface area contributed by atoms with Crippen LogP contribution in [0.25, 0.3) is 33.2 Å². The molecule has 26 nitrogen and oxygen atoms in total. The fraction of sp³-hybridized carbons (Fsp3) is 0.337. The van der Waals surface area contributed by atoms with Crippen molar-refractivity contribution in [2.24, 2.45) is 16.7 Å². The van der Waals surface area contributed by atoms with Crippen molar-refractivity contribution in [3.8, 4) is 29.1 Å². The van der Waals surface area contributed by atoms with E-state index in [9.17, 15) is 51.9 Å². The summed E-state index contributed by atoms with van der Waals surface area (Å²) in [6, 6.07) is 42.1. The number of carbonyl (C=O) groups is 2. The van der Waals surface area contributed by atoms with Gasteiger partial charge in [0, 0.05) is 146 Å². The number of hydrogen-bond donors (Lipinski definition) is 4. The third-order valence-electron chi connectivity index (χ3n) is 24.2. The Bertz CT molecular complexity index is 5820. The predicted octanol–water partition coefficient (Wildman–Crippen LogP) is 16.4. The SMILES string of the molecule is N#Cc1ccc(S(=O)(=O)NC(=O)c2ccc(N3CCN(CC4=C(c5ccc(Cl)cc5)CC5(CCC5)CC4)CC3)cc2Oc2cnc3[nH]ccc3c2)cc1[N+](=O)[O-].O=C(NS(=O)(=O)c1ccc(CCC2COC2)c([N+](=O)[O-])c1)c1ccc(N2CCN(CC3=C(c4ccc(Cl)cc4)CC4(CCC4)CC3)CC2)cc1Oc1cnc2[nH]ccc2c1. The summed E-state index contributed by atoms with van der Waals surface area (Å²) in [5.41, 5.74) is 11.4. The number of carbonyl (C=O) groups excluding carboxylic acids is 2. The first kappa shape index (κ1) is 78.8. The third-order valence-corrected chi connectivity index (χ3v) is 27.3. The van der Waals surface area contributed by atoms with E-state index >= 15 is 0 Å². The number of rotatable bonds is 23. The molecule has 17 rings (SSSR count). The van der Waals surface area contributed by atoms with E-state index in [4.69, 9.17) is 37.4 Å². The van der Waals surface area contributed by atoms with Crippen LogP contribution < -0.4 is 28.7 Å². The highest BCUT2D eigenvalue weighted by Gasteiger charge is 2.43. The molecule has 598 valence electrons. The Morgan fingerprint density at radius 3 is 1.43 bits per heavy atom. The van der Waals surface area contributed by atoms with Gasteiger partial charge in [-0.05, 0) is 201 Å². The van der Waals surface area contributed by atoms with Gasteiger partial charge >= 0.3 is 0 Å². The summed E-state index contributed by atoms with van der Waals surface area (Å²) in [6.07, 6.45) is 22.5. The molecule has 2 spiro atoms. The second-order valence-electron chi connectivity index (χ2n) is 31.4. The van der Waals surface area contributed by atoms with Gasteiger partial charge in [-0.2, -0.15) is 5.26 Å². The number of aromatic nitrogens is 4. The number of piperazine rings is 2. The lowest BCUT2D eigenvalue weighted by Gasteiger charge is -2.47. The number of aryl methyl sites for hydroxylation is 1. The highest BCUT2D eigenvalue weighted by Crippen LogP contribution is 2.57. The largest absolute Gasteiger partial charge is 0.455 e. The monoisotopic (exact) mass is 1640 g/mol. The summed E-state index contributed by atoms with van der Waals surface area (Å²) in [6.45, 7) is 9.30. The number of ether oxygens (including phenoxy) is 3. The molecule has 3 aliphatic heterocycles. The molecule has 4 aliphatic carbocycles. The average Bonchev–Trinajstić information content (AvgIpc) is 0.822. The number of hydrogen-bond acceptors (Lipinski definition) is 20. The molecule has 5 fully saturated rings. The number of halogens is 2. The molecule has 116 heavy (non-hydrogen) atoms. The highest BCUT2D eigenvalue weighted by molar-refractivity contribution is 7.90. The maximum absolute atomic E-state index is 13.9. The predicted molar refractivity (Wildman–Crippen MR) is 442 cm³/mol. The molecular weight excluding hydrogens is 1560 g/mol. The fourth-order valence-corrected chi connectivity index (χ4v) is 19.3. The topological polar surface area (TPSA) is 335 Å². The summed E-state index contributed by atoms with van der Waals surface area (Å²) < 4.78 is 75.8. The maximum Gasteiger partial charge on any atom is 0.288 e. The molecule has 0 bridgehead atoms. The number of nitro benzene ring substituents is 2. The molecule has 0 atom stereocenters. The Balaban J connectivity index is 0.000000174. The number of nitro groups is 2. The van der Waals surface area contributed by atoms with E-state index in [1.165, 1.54) is 115 Å². The molecule has 3 saturated heterocycles. The Morgan fingerprint density at radius 2 is 1.02 bits per heavy atom. The van der Waals surface area contributed by atoms with Gasteiger partial charge in [0.25, 0.3) is 43.2 Å². The zero-order valence-corrected chi connectivity index (χ0v) is 66.7.